The van der Waals surface area contributed by atoms with Crippen molar-refractivity contribution in [3.05, 3.63) is 70.6 Å². The molecule has 1 aromatic carbocycles. The summed E-state index contributed by atoms with van der Waals surface area (Å²) in [4.78, 5) is 16.9. The third-order valence-corrected chi connectivity index (χ3v) is 3.43. The van der Waals surface area contributed by atoms with Crippen molar-refractivity contribution in [1.82, 2.24) is 14.8 Å². The second-order valence-corrected chi connectivity index (χ2v) is 4.91. The van der Waals surface area contributed by atoms with E-state index < -0.39 is 0 Å². The number of rotatable bonds is 4. The van der Waals surface area contributed by atoms with Crippen LogP contribution in [0.2, 0.25) is 0 Å². The van der Waals surface area contributed by atoms with Crippen LogP contribution >= 0.6 is 0 Å². The summed E-state index contributed by atoms with van der Waals surface area (Å²) in [5.74, 6) is 0.613. The maximum atomic E-state index is 12.6. The van der Waals surface area contributed by atoms with Gasteiger partial charge in [0.15, 0.2) is 5.82 Å². The maximum Gasteiger partial charge on any atom is 0.276 e. The van der Waals surface area contributed by atoms with Gasteiger partial charge >= 0.3 is 0 Å². The monoisotopic (exact) mass is 295 g/mol. The van der Waals surface area contributed by atoms with Gasteiger partial charge in [0, 0.05) is 11.8 Å². The van der Waals surface area contributed by atoms with Gasteiger partial charge < -0.3 is 0 Å². The lowest BCUT2D eigenvalue weighted by Crippen LogP contribution is -2.18. The van der Waals surface area contributed by atoms with Crippen LogP contribution in [-0.2, 0) is 6.42 Å². The van der Waals surface area contributed by atoms with Crippen LogP contribution in [0.25, 0.3) is 17.1 Å². The lowest BCUT2D eigenvalue weighted by molar-refractivity contribution is 0.814. The molecule has 3 aromatic rings. The van der Waals surface area contributed by atoms with E-state index in [9.17, 15) is 4.79 Å². The molecule has 0 aliphatic carbocycles. The van der Waals surface area contributed by atoms with Gasteiger partial charge in [-0.25, -0.2) is 9.67 Å². The molecule has 0 spiro atoms. The molecule has 0 amide bonds. The molecule has 0 bridgehead atoms. The van der Waals surface area contributed by atoms with Crippen molar-refractivity contribution in [2.45, 2.75) is 27.2 Å². The van der Waals surface area contributed by atoms with Gasteiger partial charge in [0.05, 0.1) is 5.69 Å². The summed E-state index contributed by atoms with van der Waals surface area (Å²) in [7, 11) is 0. The molecule has 22 heavy (non-hydrogen) atoms. The van der Waals surface area contributed by atoms with E-state index in [2.05, 4.69) is 17.0 Å². The van der Waals surface area contributed by atoms with Crippen LogP contribution in [0.15, 0.2) is 59.5 Å². The van der Waals surface area contributed by atoms with E-state index in [1.165, 1.54) is 4.68 Å². The number of aromatic amines is 1. The Hall–Kier alpha value is -2.62. The first-order valence-electron chi connectivity index (χ1n) is 7.12. The van der Waals surface area contributed by atoms with Gasteiger partial charge in [0.25, 0.3) is 5.56 Å². The molecule has 0 fully saturated rings. The lowest BCUT2D eigenvalue weighted by Gasteiger charge is -2.01. The third kappa shape index (κ3) is 2.86. The quantitative estimate of drug-likeness (QED) is 0.795. The number of benzene rings is 1. The predicted octanol–water partition coefficient (Wildman–Crippen LogP) is 3.82. The summed E-state index contributed by atoms with van der Waals surface area (Å²) in [5, 5.41) is 3.21. The van der Waals surface area contributed by atoms with Crippen molar-refractivity contribution in [1.29, 1.82) is 0 Å². The van der Waals surface area contributed by atoms with Crippen LogP contribution in [0.3, 0.4) is 0 Å². The van der Waals surface area contributed by atoms with Gasteiger partial charge in [-0.2, -0.15) is 0 Å². The first kappa shape index (κ1) is 15.8. The molecule has 0 unspecified atom stereocenters. The third-order valence-electron chi connectivity index (χ3n) is 3.43. The van der Waals surface area contributed by atoms with E-state index in [0.29, 0.717) is 5.82 Å². The molecule has 114 valence electrons. The van der Waals surface area contributed by atoms with Gasteiger partial charge in [-0.3, -0.25) is 9.89 Å². The topological polar surface area (TPSA) is 50.7 Å². The van der Waals surface area contributed by atoms with E-state index in [0.717, 1.165) is 29.7 Å². The van der Waals surface area contributed by atoms with Gasteiger partial charge in [0.2, 0.25) is 0 Å². The number of aromatic nitrogens is 3. The van der Waals surface area contributed by atoms with Crippen LogP contribution in [-0.4, -0.2) is 14.8 Å². The minimum atomic E-state index is -0.0191. The van der Waals surface area contributed by atoms with Crippen molar-refractivity contribution in [2.75, 3.05) is 0 Å². The fraction of sp³-hybridized carbons (Fsp3) is 0.222. The highest BCUT2D eigenvalue weighted by Crippen LogP contribution is 2.21. The normalized spacial score (nSPS) is 10.2. The number of hydrogen-bond acceptors (Lipinski definition) is 2. The Morgan fingerprint density at radius 2 is 1.82 bits per heavy atom. The summed E-state index contributed by atoms with van der Waals surface area (Å²) in [6.45, 7) is 2.08. The summed E-state index contributed by atoms with van der Waals surface area (Å²) in [5.41, 5.74) is 2.70. The van der Waals surface area contributed by atoms with Crippen molar-refractivity contribution in [3.8, 4) is 17.1 Å². The van der Waals surface area contributed by atoms with Crippen LogP contribution in [0.1, 0.15) is 26.3 Å². The first-order chi connectivity index (χ1) is 10.3. The van der Waals surface area contributed by atoms with Gasteiger partial charge in [-0.05, 0) is 24.1 Å². The van der Waals surface area contributed by atoms with E-state index in [-0.39, 0.29) is 13.0 Å². The Morgan fingerprint density at radius 1 is 1.09 bits per heavy atom. The summed E-state index contributed by atoms with van der Waals surface area (Å²) >= 11 is 0. The molecule has 2 aromatic heterocycles. The average Bonchev–Trinajstić information content (AvgIpc) is 2.87. The molecule has 0 atom stereocenters. The van der Waals surface area contributed by atoms with E-state index in [4.69, 9.17) is 0 Å². The maximum absolute atomic E-state index is 12.6. The van der Waals surface area contributed by atoms with Crippen molar-refractivity contribution in [3.63, 3.8) is 0 Å². The molecule has 3 rings (SSSR count). The Morgan fingerprint density at radius 3 is 2.45 bits per heavy atom. The molecule has 1 N–H and O–H groups in total. The largest absolute Gasteiger partial charge is 0.289 e. The molecule has 0 aliphatic heterocycles. The van der Waals surface area contributed by atoms with Gasteiger partial charge in [-0.15, -0.1) is 0 Å². The zero-order valence-corrected chi connectivity index (χ0v) is 11.9. The number of pyridine rings is 1. The highest BCUT2D eigenvalue weighted by atomic mass is 16.1. The summed E-state index contributed by atoms with van der Waals surface area (Å²) < 4.78 is 1.52. The van der Waals surface area contributed by atoms with Gasteiger partial charge in [-0.1, -0.05) is 57.2 Å². The van der Waals surface area contributed by atoms with E-state index in [1.54, 1.807) is 6.20 Å². The minimum absolute atomic E-state index is 0. The molecular formula is C18H21N3O. The van der Waals surface area contributed by atoms with Crippen LogP contribution < -0.4 is 5.56 Å². The fourth-order valence-electron chi connectivity index (χ4n) is 2.44. The summed E-state index contributed by atoms with van der Waals surface area (Å²) in [6.07, 6.45) is 3.36. The molecule has 0 saturated carbocycles. The highest BCUT2D eigenvalue weighted by molar-refractivity contribution is 5.63. The van der Waals surface area contributed by atoms with E-state index >= 15 is 0 Å². The average molecular weight is 295 g/mol. The Balaban J connectivity index is 0.00000176. The predicted molar refractivity (Wildman–Crippen MR) is 90.3 cm³/mol. The standard InChI is InChI=1S/C17H17N3O.CH4/c1-2-8-14-16(13-9-4-3-5-10-13)19-20(17(14)21)15-11-6-7-12-18-15;/h3-7,9-12,19H,2,8H2,1H3;1H4. The molecule has 0 saturated heterocycles. The van der Waals surface area contributed by atoms with Crippen LogP contribution in [0.4, 0.5) is 0 Å². The highest BCUT2D eigenvalue weighted by Gasteiger charge is 2.16. The number of H-pyrrole nitrogens is 1. The smallest absolute Gasteiger partial charge is 0.276 e. The zero-order valence-electron chi connectivity index (χ0n) is 11.9. The molecular weight excluding hydrogens is 274 g/mol. The lowest BCUT2D eigenvalue weighted by atomic mass is 10.1. The number of nitrogens with one attached hydrogen (secondary N) is 1. The molecule has 4 nitrogen and oxygen atoms in total. The summed E-state index contributed by atoms with van der Waals surface area (Å²) in [6, 6.07) is 15.5. The van der Waals surface area contributed by atoms with Crippen molar-refractivity contribution in [2.24, 2.45) is 0 Å². The molecule has 2 heterocycles. The number of nitrogens with zero attached hydrogens (tertiary/aromatic N) is 2. The van der Waals surface area contributed by atoms with Crippen LogP contribution in [0, 0.1) is 0 Å². The number of hydrogen-bond donors (Lipinski definition) is 1. The minimum Gasteiger partial charge on any atom is -0.289 e. The fourth-order valence-corrected chi connectivity index (χ4v) is 2.44. The SMILES string of the molecule is C.CCCc1c(-c2ccccc2)[nH]n(-c2ccccn2)c1=O. The van der Waals surface area contributed by atoms with Crippen LogP contribution in [0.5, 0.6) is 0 Å². The molecule has 0 aliphatic rings. The first-order valence-corrected chi connectivity index (χ1v) is 7.12. The second kappa shape index (κ2) is 6.89. The second-order valence-electron chi connectivity index (χ2n) is 4.91. The zero-order chi connectivity index (χ0) is 14.7. The Kier molecular flexibility index (Phi) is 4.94. The van der Waals surface area contributed by atoms with Crippen molar-refractivity contribution < 1.29 is 0 Å². The Labute approximate surface area is 130 Å². The molecule has 4 heteroatoms. The van der Waals surface area contributed by atoms with Gasteiger partial charge in [0.1, 0.15) is 0 Å². The van der Waals surface area contributed by atoms with E-state index in [1.807, 2.05) is 48.5 Å². The molecule has 0 radical (unpaired) electrons. The van der Waals surface area contributed by atoms with Crippen molar-refractivity contribution >= 4 is 0 Å². The Bertz CT molecular complexity index is 773.